The van der Waals surface area contributed by atoms with Gasteiger partial charge in [0.25, 0.3) is 5.91 Å². The van der Waals surface area contributed by atoms with E-state index in [2.05, 4.69) is 0 Å². The zero-order valence-corrected chi connectivity index (χ0v) is 9.47. The molecule has 1 aromatic carbocycles. The highest BCUT2D eigenvalue weighted by atomic mass is 16.5. The van der Waals surface area contributed by atoms with Crippen molar-refractivity contribution in [2.45, 2.75) is 6.92 Å². The van der Waals surface area contributed by atoms with Crippen LogP contribution in [0.3, 0.4) is 0 Å². The Labute approximate surface area is 98.7 Å². The number of carbonyl (C=O) groups excluding carboxylic acids is 2. The molecule has 2 amide bonds. The van der Waals surface area contributed by atoms with Crippen LogP contribution >= 0.6 is 0 Å². The normalized spacial score (nSPS) is 11.8. The highest BCUT2D eigenvalue weighted by molar-refractivity contribution is 5.97. The average Bonchev–Trinajstić information content (AvgIpc) is 2.26. The van der Waals surface area contributed by atoms with Crippen molar-refractivity contribution in [3.05, 3.63) is 23.8 Å². The van der Waals surface area contributed by atoms with Crippen molar-refractivity contribution >= 4 is 17.5 Å². The van der Waals surface area contributed by atoms with Crippen LogP contribution in [-0.4, -0.2) is 18.4 Å². The number of carbonyl (C=O) groups is 2. The summed E-state index contributed by atoms with van der Waals surface area (Å²) in [5, 5.41) is 0. The molecule has 1 unspecified atom stereocenters. The van der Waals surface area contributed by atoms with Crippen molar-refractivity contribution in [1.29, 1.82) is 0 Å². The first-order valence-corrected chi connectivity index (χ1v) is 5.04. The van der Waals surface area contributed by atoms with E-state index in [1.54, 1.807) is 19.1 Å². The molecule has 6 heteroatoms. The standard InChI is InChI=1S/C11H15N3O3/c1-6(10(13)15)5-17-9-7(11(14)16)3-2-4-8(9)12/h2-4,6H,5,12H2,1H3,(H2,13,15)(H2,14,16). The van der Waals surface area contributed by atoms with Gasteiger partial charge in [0.2, 0.25) is 5.91 Å². The summed E-state index contributed by atoms with van der Waals surface area (Å²) in [6.07, 6.45) is 0. The fourth-order valence-corrected chi connectivity index (χ4v) is 1.20. The second kappa shape index (κ2) is 5.20. The molecule has 0 aromatic heterocycles. The van der Waals surface area contributed by atoms with Crippen LogP contribution in [0.5, 0.6) is 5.75 Å². The molecule has 6 nitrogen and oxygen atoms in total. The number of nitrogen functional groups attached to an aromatic ring is 1. The fourth-order valence-electron chi connectivity index (χ4n) is 1.20. The Morgan fingerprint density at radius 1 is 1.35 bits per heavy atom. The number of ether oxygens (including phenoxy) is 1. The van der Waals surface area contributed by atoms with Gasteiger partial charge in [0.05, 0.1) is 23.8 Å². The molecule has 92 valence electrons. The lowest BCUT2D eigenvalue weighted by molar-refractivity contribution is -0.122. The zero-order valence-electron chi connectivity index (χ0n) is 9.47. The van der Waals surface area contributed by atoms with Crippen molar-refractivity contribution in [1.82, 2.24) is 0 Å². The molecule has 0 aliphatic carbocycles. The van der Waals surface area contributed by atoms with Crippen LogP contribution in [0.1, 0.15) is 17.3 Å². The van der Waals surface area contributed by atoms with Gasteiger partial charge in [-0.2, -0.15) is 0 Å². The number of hydrogen-bond donors (Lipinski definition) is 3. The summed E-state index contributed by atoms with van der Waals surface area (Å²) in [5.41, 5.74) is 16.4. The second-order valence-corrected chi connectivity index (χ2v) is 3.70. The molecule has 0 spiro atoms. The maximum atomic E-state index is 11.1. The van der Waals surface area contributed by atoms with Gasteiger partial charge < -0.3 is 21.9 Å². The lowest BCUT2D eigenvalue weighted by atomic mass is 10.1. The maximum Gasteiger partial charge on any atom is 0.252 e. The Morgan fingerprint density at radius 2 is 2.00 bits per heavy atom. The first-order valence-electron chi connectivity index (χ1n) is 5.04. The van der Waals surface area contributed by atoms with E-state index in [0.29, 0.717) is 0 Å². The molecule has 6 N–H and O–H groups in total. The van der Waals surface area contributed by atoms with Crippen molar-refractivity contribution in [2.75, 3.05) is 12.3 Å². The monoisotopic (exact) mass is 237 g/mol. The third-order valence-corrected chi connectivity index (χ3v) is 2.27. The van der Waals surface area contributed by atoms with E-state index in [9.17, 15) is 9.59 Å². The van der Waals surface area contributed by atoms with E-state index in [0.717, 1.165) is 0 Å². The Morgan fingerprint density at radius 3 is 2.53 bits per heavy atom. The number of nitrogens with two attached hydrogens (primary N) is 3. The molecule has 1 rings (SSSR count). The molecule has 1 aromatic rings. The Balaban J connectivity index is 2.90. The Kier molecular flexibility index (Phi) is 3.92. The van der Waals surface area contributed by atoms with Crippen LogP contribution < -0.4 is 21.9 Å². The van der Waals surface area contributed by atoms with E-state index in [4.69, 9.17) is 21.9 Å². The van der Waals surface area contributed by atoms with Crippen LogP contribution in [0.4, 0.5) is 5.69 Å². The average molecular weight is 237 g/mol. The molecule has 0 bridgehead atoms. The summed E-state index contributed by atoms with van der Waals surface area (Å²) in [4.78, 5) is 22.0. The lowest BCUT2D eigenvalue weighted by Crippen LogP contribution is -2.26. The number of benzene rings is 1. The smallest absolute Gasteiger partial charge is 0.252 e. The van der Waals surface area contributed by atoms with Crippen LogP contribution in [0.15, 0.2) is 18.2 Å². The summed E-state index contributed by atoms with van der Waals surface area (Å²) < 4.78 is 5.33. The quantitative estimate of drug-likeness (QED) is 0.617. The molecule has 1 atom stereocenters. The largest absolute Gasteiger partial charge is 0.490 e. The zero-order chi connectivity index (χ0) is 13.0. The minimum atomic E-state index is -0.640. The molecule has 0 fully saturated rings. The molecular weight excluding hydrogens is 222 g/mol. The number of primary amides is 2. The van der Waals surface area contributed by atoms with Gasteiger partial charge in [-0.1, -0.05) is 13.0 Å². The number of amides is 2. The Bertz CT molecular complexity index is 446. The van der Waals surface area contributed by atoms with Crippen LogP contribution in [0.2, 0.25) is 0 Å². The van der Waals surface area contributed by atoms with Crippen LogP contribution in [-0.2, 0) is 4.79 Å². The minimum absolute atomic E-state index is 0.0455. The number of rotatable bonds is 5. The van der Waals surface area contributed by atoms with Gasteiger partial charge in [-0.3, -0.25) is 9.59 Å². The second-order valence-electron chi connectivity index (χ2n) is 3.70. The third kappa shape index (κ3) is 3.10. The minimum Gasteiger partial charge on any atom is -0.490 e. The summed E-state index contributed by atoms with van der Waals surface area (Å²) >= 11 is 0. The predicted octanol–water partition coefficient (Wildman–Crippen LogP) is -0.132. The molecule has 17 heavy (non-hydrogen) atoms. The molecule has 0 saturated heterocycles. The van der Waals surface area contributed by atoms with Crippen molar-refractivity contribution in [3.8, 4) is 5.75 Å². The molecule has 0 aliphatic rings. The van der Waals surface area contributed by atoms with E-state index >= 15 is 0 Å². The summed E-state index contributed by atoms with van der Waals surface area (Å²) in [5.74, 6) is -1.41. The van der Waals surface area contributed by atoms with Crippen molar-refractivity contribution < 1.29 is 14.3 Å². The first-order chi connectivity index (χ1) is 7.93. The van der Waals surface area contributed by atoms with Gasteiger partial charge in [-0.25, -0.2) is 0 Å². The van der Waals surface area contributed by atoms with Gasteiger partial charge in [0.15, 0.2) is 5.75 Å². The number of hydrogen-bond acceptors (Lipinski definition) is 4. The third-order valence-electron chi connectivity index (χ3n) is 2.27. The van der Waals surface area contributed by atoms with Gasteiger partial charge in [0.1, 0.15) is 0 Å². The van der Waals surface area contributed by atoms with Crippen molar-refractivity contribution in [3.63, 3.8) is 0 Å². The Hall–Kier alpha value is -2.24. The molecular formula is C11H15N3O3. The molecule has 0 saturated carbocycles. The van der Waals surface area contributed by atoms with E-state index in [1.165, 1.54) is 6.07 Å². The van der Waals surface area contributed by atoms with Gasteiger partial charge in [0, 0.05) is 0 Å². The topological polar surface area (TPSA) is 121 Å². The van der Waals surface area contributed by atoms with E-state index in [1.807, 2.05) is 0 Å². The van der Waals surface area contributed by atoms with E-state index < -0.39 is 17.7 Å². The summed E-state index contributed by atoms with van der Waals surface area (Å²) in [6.45, 7) is 1.66. The van der Waals surface area contributed by atoms with Crippen LogP contribution in [0, 0.1) is 5.92 Å². The number of para-hydroxylation sites is 1. The molecule has 0 heterocycles. The summed E-state index contributed by atoms with van der Waals surface area (Å²) in [7, 11) is 0. The van der Waals surface area contributed by atoms with Crippen LogP contribution in [0.25, 0.3) is 0 Å². The predicted molar refractivity (Wildman–Crippen MR) is 63.2 cm³/mol. The van der Waals surface area contributed by atoms with Crippen molar-refractivity contribution in [2.24, 2.45) is 17.4 Å². The lowest BCUT2D eigenvalue weighted by Gasteiger charge is -2.14. The first kappa shape index (κ1) is 12.8. The van der Waals surface area contributed by atoms with E-state index in [-0.39, 0.29) is 23.6 Å². The summed E-state index contributed by atoms with van der Waals surface area (Å²) in [6, 6.07) is 4.68. The maximum absolute atomic E-state index is 11.1. The fraction of sp³-hybridized carbons (Fsp3) is 0.273. The van der Waals surface area contributed by atoms with Gasteiger partial charge in [-0.15, -0.1) is 0 Å². The molecule has 0 aliphatic heterocycles. The highest BCUT2D eigenvalue weighted by Gasteiger charge is 2.15. The number of anilines is 1. The highest BCUT2D eigenvalue weighted by Crippen LogP contribution is 2.26. The van der Waals surface area contributed by atoms with Gasteiger partial charge >= 0.3 is 0 Å². The SMILES string of the molecule is CC(COc1c(N)cccc1C(N)=O)C(N)=O. The van der Waals surface area contributed by atoms with Gasteiger partial charge in [-0.05, 0) is 12.1 Å². The molecule has 0 radical (unpaired) electrons.